The van der Waals surface area contributed by atoms with Crippen molar-refractivity contribution in [2.75, 3.05) is 66.7 Å². The minimum atomic E-state index is -1.13. The van der Waals surface area contributed by atoms with E-state index in [1.807, 2.05) is 97.1 Å². The zero-order chi connectivity index (χ0) is 51.8. The molecule has 0 saturated carbocycles. The number of Topliss-reactive ketones (excluding diaryl/α,β-unsaturated/α-hetero) is 2. The van der Waals surface area contributed by atoms with E-state index in [1.54, 1.807) is 14.2 Å². The molecule has 12 nitrogen and oxygen atoms in total. The molecule has 0 amide bonds. The second kappa shape index (κ2) is 26.0. The predicted molar refractivity (Wildman–Crippen MR) is 275 cm³/mol. The number of ether oxygens (including phenoxy) is 6. The van der Waals surface area contributed by atoms with Crippen LogP contribution in [0.25, 0.3) is 22.3 Å². The lowest BCUT2D eigenvalue weighted by molar-refractivity contribution is -0.179. The van der Waals surface area contributed by atoms with Gasteiger partial charge in [0.1, 0.15) is 23.1 Å². The van der Waals surface area contributed by atoms with Crippen LogP contribution in [0.2, 0.25) is 0 Å². The quantitative estimate of drug-likeness (QED) is 0.0278. The van der Waals surface area contributed by atoms with Gasteiger partial charge in [-0.1, -0.05) is 72.8 Å². The van der Waals surface area contributed by atoms with Gasteiger partial charge in [-0.05, 0) is 147 Å². The molecule has 0 spiro atoms. The number of carbonyl (C=O) groups excluding carboxylic acids is 4. The van der Waals surface area contributed by atoms with Crippen LogP contribution in [0.4, 0.5) is 8.78 Å². The zero-order valence-corrected chi connectivity index (χ0v) is 41.5. The summed E-state index contributed by atoms with van der Waals surface area (Å²) in [5.41, 5.74) is 5.92. The normalized spacial score (nSPS) is 15.6. The number of hydrogen-bond acceptors (Lipinski definition) is 12. The molecule has 2 atom stereocenters. The highest BCUT2D eigenvalue weighted by molar-refractivity contribution is 5.98. The SMILES string of the molecule is COc1ccc(-c2ccc(C(OCCN3CCC(C(=O)c4ccc(F)cc4)CC3)OC(=O)/C=C\C(=O)OC(OCCN3CCC(C(=O)c4ccc(F)cc4)CC3)c3ccc(-c4ccc(OC)cc4)cc3)cc2)cc1. The first kappa shape index (κ1) is 52.9. The number of carbonyl (C=O) groups is 4. The summed E-state index contributed by atoms with van der Waals surface area (Å²) >= 11 is 0. The molecule has 2 heterocycles. The number of nitrogens with zero attached hydrogens (tertiary/aromatic N) is 2. The van der Waals surface area contributed by atoms with E-state index in [1.165, 1.54) is 48.5 Å². The molecule has 2 saturated heterocycles. The molecule has 2 aliphatic rings. The molecule has 8 rings (SSSR count). The lowest BCUT2D eigenvalue weighted by Crippen LogP contribution is -2.38. The average molecular weight is 1010 g/mol. The van der Waals surface area contributed by atoms with Gasteiger partial charge in [-0.3, -0.25) is 9.59 Å². The highest BCUT2D eigenvalue weighted by Gasteiger charge is 2.28. The maximum Gasteiger partial charge on any atom is 0.333 e. The van der Waals surface area contributed by atoms with E-state index in [9.17, 15) is 28.0 Å². The Hall–Kier alpha value is -7.36. The molecule has 0 bridgehead atoms. The summed E-state index contributed by atoms with van der Waals surface area (Å²) in [6, 6.07) is 41.5. The van der Waals surface area contributed by atoms with Crippen molar-refractivity contribution in [3.05, 3.63) is 192 Å². The Morgan fingerprint density at radius 2 is 0.784 bits per heavy atom. The van der Waals surface area contributed by atoms with Crippen molar-refractivity contribution in [3.63, 3.8) is 0 Å². The van der Waals surface area contributed by atoms with Crippen LogP contribution in [-0.4, -0.2) is 100 Å². The van der Waals surface area contributed by atoms with E-state index in [4.69, 9.17) is 28.4 Å². The maximum atomic E-state index is 13.5. The van der Waals surface area contributed by atoms with Crippen LogP contribution in [0.15, 0.2) is 158 Å². The van der Waals surface area contributed by atoms with Crippen molar-refractivity contribution in [1.29, 1.82) is 0 Å². The molecule has 74 heavy (non-hydrogen) atoms. The second-order valence-corrected chi connectivity index (χ2v) is 18.3. The van der Waals surface area contributed by atoms with Gasteiger partial charge < -0.3 is 38.2 Å². The molecule has 2 fully saturated rings. The molecular weight excluding hydrogens is 947 g/mol. The second-order valence-electron chi connectivity index (χ2n) is 18.3. The lowest BCUT2D eigenvalue weighted by Gasteiger charge is -2.31. The van der Waals surface area contributed by atoms with Gasteiger partial charge in [-0.2, -0.15) is 0 Å². The molecule has 0 aliphatic carbocycles. The fourth-order valence-electron chi connectivity index (χ4n) is 9.17. The molecule has 384 valence electrons. The summed E-state index contributed by atoms with van der Waals surface area (Å²) < 4.78 is 61.8. The minimum Gasteiger partial charge on any atom is -0.497 e. The minimum absolute atomic E-state index is 0.00848. The standard InChI is InChI=1S/C60H60F2N2O10/c1-69-53-23-15-43(16-24-53)41-3-7-49(8-4-41)59(71-39-37-63-33-29-47(30-34-63)57(67)45-11-19-51(61)20-12-45)73-55(65)27-28-56(66)74-60(50-9-5-42(6-10-50)44-17-25-54(70-2)26-18-44)72-40-38-64-35-31-48(32-36-64)58(68)46-13-21-52(62)22-14-46/h3-28,47-48,59-60H,29-40H2,1-2H3/b28-27-. The van der Waals surface area contributed by atoms with Crippen molar-refractivity contribution >= 4 is 23.5 Å². The van der Waals surface area contributed by atoms with Crippen molar-refractivity contribution in [2.45, 2.75) is 38.3 Å². The van der Waals surface area contributed by atoms with E-state index in [-0.39, 0.29) is 48.3 Å². The van der Waals surface area contributed by atoms with E-state index in [2.05, 4.69) is 9.80 Å². The molecule has 6 aromatic carbocycles. The zero-order valence-electron chi connectivity index (χ0n) is 41.5. The van der Waals surface area contributed by atoms with Crippen LogP contribution >= 0.6 is 0 Å². The van der Waals surface area contributed by atoms with Gasteiger partial charge in [0.2, 0.25) is 12.6 Å². The third-order valence-corrected chi connectivity index (χ3v) is 13.5. The van der Waals surface area contributed by atoms with Crippen molar-refractivity contribution < 1.29 is 56.4 Å². The van der Waals surface area contributed by atoms with Gasteiger partial charge in [-0.15, -0.1) is 0 Å². The van der Waals surface area contributed by atoms with Crippen molar-refractivity contribution in [2.24, 2.45) is 11.8 Å². The van der Waals surface area contributed by atoms with Crippen LogP contribution in [0.1, 0.15) is 70.1 Å². The third kappa shape index (κ3) is 14.7. The molecule has 0 N–H and O–H groups in total. The number of rotatable bonds is 22. The molecule has 2 aliphatic heterocycles. The first-order valence-electron chi connectivity index (χ1n) is 24.9. The van der Waals surface area contributed by atoms with Crippen LogP contribution in [-0.2, 0) is 28.5 Å². The van der Waals surface area contributed by atoms with Crippen LogP contribution < -0.4 is 9.47 Å². The van der Waals surface area contributed by atoms with E-state index in [0.717, 1.165) is 45.9 Å². The van der Waals surface area contributed by atoms with Gasteiger partial charge in [0.15, 0.2) is 11.6 Å². The van der Waals surface area contributed by atoms with E-state index in [0.29, 0.717) is 87.2 Å². The summed E-state index contributed by atoms with van der Waals surface area (Å²) in [6.45, 7) is 4.05. The average Bonchev–Trinajstić information content (AvgIpc) is 3.44. The summed E-state index contributed by atoms with van der Waals surface area (Å²) in [7, 11) is 3.22. The fourth-order valence-corrected chi connectivity index (χ4v) is 9.17. The summed E-state index contributed by atoms with van der Waals surface area (Å²) in [5.74, 6) is -1.29. The number of halogens is 2. The Morgan fingerprint density at radius 1 is 0.473 bits per heavy atom. The third-order valence-electron chi connectivity index (χ3n) is 13.5. The van der Waals surface area contributed by atoms with Gasteiger partial charge >= 0.3 is 11.9 Å². The number of likely N-dealkylation sites (tertiary alicyclic amines) is 2. The first-order chi connectivity index (χ1) is 36.0. The number of hydrogen-bond donors (Lipinski definition) is 0. The molecular formula is C60H60F2N2O10. The predicted octanol–water partition coefficient (Wildman–Crippen LogP) is 10.9. The lowest BCUT2D eigenvalue weighted by atomic mass is 9.89. The van der Waals surface area contributed by atoms with Gasteiger partial charge in [0.25, 0.3) is 0 Å². The highest BCUT2D eigenvalue weighted by atomic mass is 19.1. The Labute approximate surface area is 430 Å². The Balaban J connectivity index is 0.896. The molecule has 14 heteroatoms. The Bertz CT molecular complexity index is 2610. The summed E-state index contributed by atoms with van der Waals surface area (Å²) in [4.78, 5) is 57.5. The summed E-state index contributed by atoms with van der Waals surface area (Å²) in [6.07, 6.45) is 2.31. The van der Waals surface area contributed by atoms with Crippen LogP contribution in [0.5, 0.6) is 11.5 Å². The van der Waals surface area contributed by atoms with Crippen LogP contribution in [0, 0.1) is 23.5 Å². The molecule has 6 aromatic rings. The number of benzene rings is 6. The molecule has 0 aromatic heterocycles. The number of methoxy groups -OCH3 is 2. The maximum absolute atomic E-state index is 13.5. The van der Waals surface area contributed by atoms with E-state index >= 15 is 0 Å². The highest BCUT2D eigenvalue weighted by Crippen LogP contribution is 2.30. The van der Waals surface area contributed by atoms with Gasteiger partial charge in [0, 0.05) is 59.3 Å². The Kier molecular flexibility index (Phi) is 18.6. The number of ketones is 2. The largest absolute Gasteiger partial charge is 0.497 e. The topological polar surface area (TPSA) is 130 Å². The fraction of sp³-hybridized carbons (Fsp3) is 0.300. The van der Waals surface area contributed by atoms with E-state index < -0.39 is 24.5 Å². The number of esters is 2. The van der Waals surface area contributed by atoms with Crippen LogP contribution in [0.3, 0.4) is 0 Å². The van der Waals surface area contributed by atoms with Crippen molar-refractivity contribution in [1.82, 2.24) is 9.80 Å². The van der Waals surface area contributed by atoms with Gasteiger partial charge in [-0.25, -0.2) is 18.4 Å². The Morgan fingerprint density at radius 3 is 1.09 bits per heavy atom. The smallest absolute Gasteiger partial charge is 0.333 e. The van der Waals surface area contributed by atoms with Crippen molar-refractivity contribution in [3.8, 4) is 33.8 Å². The molecule has 2 unspecified atom stereocenters. The summed E-state index contributed by atoms with van der Waals surface area (Å²) in [5, 5.41) is 0. The van der Waals surface area contributed by atoms with Gasteiger partial charge in [0.05, 0.1) is 27.4 Å². The molecule has 0 radical (unpaired) electrons. The monoisotopic (exact) mass is 1010 g/mol. The first-order valence-corrected chi connectivity index (χ1v) is 24.9. The number of piperidine rings is 2.